The lowest BCUT2D eigenvalue weighted by atomic mass is 10.1. The molecule has 4 nitrogen and oxygen atoms in total. The molecule has 0 fully saturated rings. The van der Waals surface area contributed by atoms with E-state index in [1.807, 2.05) is 49.4 Å². The Labute approximate surface area is 136 Å². The number of ether oxygens (including phenoxy) is 1. The van der Waals surface area contributed by atoms with E-state index in [9.17, 15) is 9.59 Å². The smallest absolute Gasteiger partial charge is 0.338 e. The van der Waals surface area contributed by atoms with Crippen LogP contribution < -0.4 is 5.32 Å². The lowest BCUT2D eigenvalue weighted by Gasteiger charge is -2.13. The average Bonchev–Trinajstić information content (AvgIpc) is 2.56. The number of aryl methyl sites for hydroxylation is 1. The molecule has 0 aromatic heterocycles. The van der Waals surface area contributed by atoms with Gasteiger partial charge in [-0.2, -0.15) is 0 Å². The van der Waals surface area contributed by atoms with Crippen molar-refractivity contribution in [3.8, 4) is 0 Å². The van der Waals surface area contributed by atoms with Crippen molar-refractivity contribution in [2.75, 3.05) is 6.54 Å². The molecular weight excluding hydrogens is 290 g/mol. The highest BCUT2D eigenvalue weighted by Gasteiger charge is 2.18. The van der Waals surface area contributed by atoms with Crippen molar-refractivity contribution in [3.05, 3.63) is 71.3 Å². The molecule has 2 aromatic rings. The Morgan fingerprint density at radius 2 is 1.70 bits per heavy atom. The van der Waals surface area contributed by atoms with Gasteiger partial charge < -0.3 is 10.1 Å². The number of esters is 1. The van der Waals surface area contributed by atoms with E-state index < -0.39 is 12.1 Å². The minimum Gasteiger partial charge on any atom is -0.449 e. The van der Waals surface area contributed by atoms with Gasteiger partial charge in [-0.3, -0.25) is 4.79 Å². The standard InChI is InChI=1S/C19H21NO3/c1-14-8-10-17(11-9-14)19(22)23-15(2)18(21)20-13-12-16-6-4-3-5-7-16/h3-11,15H,12-13H2,1-2H3,(H,20,21)/t15-/m0/s1. The number of hydrogen-bond acceptors (Lipinski definition) is 3. The number of nitrogens with one attached hydrogen (secondary N) is 1. The molecule has 4 heteroatoms. The number of benzene rings is 2. The summed E-state index contributed by atoms with van der Waals surface area (Å²) >= 11 is 0. The third-order valence-electron chi connectivity index (χ3n) is 3.50. The maximum Gasteiger partial charge on any atom is 0.338 e. The SMILES string of the molecule is Cc1ccc(C(=O)O[C@@H](C)C(=O)NCCc2ccccc2)cc1. The minimum atomic E-state index is -0.820. The molecule has 2 aromatic carbocycles. The van der Waals surface area contributed by atoms with Gasteiger partial charge in [-0.25, -0.2) is 4.79 Å². The fourth-order valence-corrected chi connectivity index (χ4v) is 2.09. The normalized spacial score (nSPS) is 11.6. The first-order valence-corrected chi connectivity index (χ1v) is 7.65. The molecule has 0 aliphatic rings. The first-order chi connectivity index (χ1) is 11.1. The van der Waals surface area contributed by atoms with Crippen molar-refractivity contribution in [1.82, 2.24) is 5.32 Å². The molecule has 0 saturated carbocycles. The van der Waals surface area contributed by atoms with Gasteiger partial charge in [0, 0.05) is 6.54 Å². The van der Waals surface area contributed by atoms with Gasteiger partial charge >= 0.3 is 5.97 Å². The van der Waals surface area contributed by atoms with Crippen LogP contribution in [0.2, 0.25) is 0 Å². The van der Waals surface area contributed by atoms with E-state index in [4.69, 9.17) is 4.74 Å². The van der Waals surface area contributed by atoms with E-state index in [1.165, 1.54) is 0 Å². The molecule has 120 valence electrons. The molecule has 0 spiro atoms. The highest BCUT2D eigenvalue weighted by Crippen LogP contribution is 2.07. The third-order valence-corrected chi connectivity index (χ3v) is 3.50. The summed E-state index contributed by atoms with van der Waals surface area (Å²) in [6.07, 6.45) is -0.0786. The first kappa shape index (κ1) is 16.7. The summed E-state index contributed by atoms with van der Waals surface area (Å²) in [6.45, 7) is 4.02. The topological polar surface area (TPSA) is 55.4 Å². The second kappa shape index (κ2) is 8.13. The van der Waals surface area contributed by atoms with E-state index in [0.717, 1.165) is 17.5 Å². The van der Waals surface area contributed by atoms with Crippen LogP contribution in [0.3, 0.4) is 0 Å². The van der Waals surface area contributed by atoms with Gasteiger partial charge in [-0.15, -0.1) is 0 Å². The summed E-state index contributed by atoms with van der Waals surface area (Å²) in [6, 6.07) is 16.9. The molecule has 1 N–H and O–H groups in total. The quantitative estimate of drug-likeness (QED) is 0.835. The number of hydrogen-bond donors (Lipinski definition) is 1. The summed E-state index contributed by atoms with van der Waals surface area (Å²) in [5.74, 6) is -0.780. The summed E-state index contributed by atoms with van der Waals surface area (Å²) in [5, 5.41) is 2.78. The van der Waals surface area contributed by atoms with Crippen LogP contribution in [0.4, 0.5) is 0 Å². The molecule has 0 radical (unpaired) electrons. The number of carbonyl (C=O) groups is 2. The van der Waals surface area contributed by atoms with Crippen molar-refractivity contribution in [1.29, 1.82) is 0 Å². The zero-order chi connectivity index (χ0) is 16.7. The monoisotopic (exact) mass is 311 g/mol. The van der Waals surface area contributed by atoms with E-state index in [-0.39, 0.29) is 5.91 Å². The Morgan fingerprint density at radius 1 is 1.04 bits per heavy atom. The summed E-state index contributed by atoms with van der Waals surface area (Å²) < 4.78 is 5.19. The Bertz CT molecular complexity index is 650. The molecule has 0 aliphatic carbocycles. The van der Waals surface area contributed by atoms with E-state index in [2.05, 4.69) is 5.32 Å². The van der Waals surface area contributed by atoms with Crippen LogP contribution in [0, 0.1) is 6.92 Å². The van der Waals surface area contributed by atoms with Crippen molar-refractivity contribution >= 4 is 11.9 Å². The van der Waals surface area contributed by atoms with Crippen LogP contribution in [-0.4, -0.2) is 24.5 Å². The zero-order valence-electron chi connectivity index (χ0n) is 13.4. The molecule has 23 heavy (non-hydrogen) atoms. The second-order valence-corrected chi connectivity index (χ2v) is 5.44. The highest BCUT2D eigenvalue weighted by atomic mass is 16.5. The Kier molecular flexibility index (Phi) is 5.92. The van der Waals surface area contributed by atoms with Crippen LogP contribution in [0.25, 0.3) is 0 Å². The molecule has 0 aliphatic heterocycles. The van der Waals surface area contributed by atoms with Gasteiger partial charge in [0.2, 0.25) is 0 Å². The van der Waals surface area contributed by atoms with Crippen molar-refractivity contribution in [2.24, 2.45) is 0 Å². The largest absolute Gasteiger partial charge is 0.449 e. The summed E-state index contributed by atoms with van der Waals surface area (Å²) in [7, 11) is 0. The molecule has 1 atom stereocenters. The molecule has 0 heterocycles. The van der Waals surface area contributed by atoms with Crippen molar-refractivity contribution in [3.63, 3.8) is 0 Å². The lowest BCUT2D eigenvalue weighted by molar-refractivity contribution is -0.129. The van der Waals surface area contributed by atoms with Crippen LogP contribution in [0.1, 0.15) is 28.4 Å². The first-order valence-electron chi connectivity index (χ1n) is 7.65. The second-order valence-electron chi connectivity index (χ2n) is 5.44. The highest BCUT2D eigenvalue weighted by molar-refractivity contribution is 5.92. The minimum absolute atomic E-state index is 0.290. The van der Waals surface area contributed by atoms with E-state index in [1.54, 1.807) is 19.1 Å². The Hall–Kier alpha value is -2.62. The predicted octanol–water partition coefficient (Wildman–Crippen LogP) is 2.90. The summed E-state index contributed by atoms with van der Waals surface area (Å²) in [4.78, 5) is 23.9. The Balaban J connectivity index is 1.78. The summed E-state index contributed by atoms with van der Waals surface area (Å²) in [5.41, 5.74) is 2.66. The number of rotatable bonds is 6. The van der Waals surface area contributed by atoms with Crippen LogP contribution in [0.5, 0.6) is 0 Å². The van der Waals surface area contributed by atoms with Gasteiger partial charge in [0.15, 0.2) is 6.10 Å². The molecule has 0 unspecified atom stereocenters. The average molecular weight is 311 g/mol. The third kappa shape index (κ3) is 5.25. The van der Waals surface area contributed by atoms with E-state index >= 15 is 0 Å². The van der Waals surface area contributed by atoms with Gasteiger partial charge in [-0.1, -0.05) is 48.0 Å². The fraction of sp³-hybridized carbons (Fsp3) is 0.263. The van der Waals surface area contributed by atoms with Crippen LogP contribution in [-0.2, 0) is 16.0 Å². The predicted molar refractivity (Wildman–Crippen MR) is 89.2 cm³/mol. The zero-order valence-corrected chi connectivity index (χ0v) is 13.4. The van der Waals surface area contributed by atoms with Gasteiger partial charge in [0.05, 0.1) is 5.56 Å². The van der Waals surface area contributed by atoms with Crippen LogP contribution >= 0.6 is 0 Å². The lowest BCUT2D eigenvalue weighted by Crippen LogP contribution is -2.36. The van der Waals surface area contributed by atoms with Gasteiger partial charge in [0.25, 0.3) is 5.91 Å². The fourth-order valence-electron chi connectivity index (χ4n) is 2.09. The van der Waals surface area contributed by atoms with Crippen molar-refractivity contribution in [2.45, 2.75) is 26.4 Å². The maximum atomic E-state index is 12.0. The van der Waals surface area contributed by atoms with Gasteiger partial charge in [-0.05, 0) is 38.0 Å². The Morgan fingerprint density at radius 3 is 2.35 bits per heavy atom. The number of carbonyl (C=O) groups excluding carboxylic acids is 2. The molecule has 0 bridgehead atoms. The van der Waals surface area contributed by atoms with Crippen LogP contribution in [0.15, 0.2) is 54.6 Å². The maximum absolute atomic E-state index is 12.0. The molecular formula is C19H21NO3. The molecule has 0 saturated heterocycles. The molecule has 1 amide bonds. The van der Waals surface area contributed by atoms with E-state index in [0.29, 0.717) is 12.1 Å². The van der Waals surface area contributed by atoms with Crippen molar-refractivity contribution < 1.29 is 14.3 Å². The van der Waals surface area contributed by atoms with Gasteiger partial charge in [0.1, 0.15) is 0 Å². The molecule has 2 rings (SSSR count). The number of amides is 1.